The molecule has 3 nitrogen and oxygen atoms in total. The molecule has 0 bridgehead atoms. The minimum Gasteiger partial charge on any atom is -0.435 e. The smallest absolute Gasteiger partial charge is 0.387 e. The van der Waals surface area contributed by atoms with E-state index in [-0.39, 0.29) is 17.6 Å². The highest BCUT2D eigenvalue weighted by atomic mass is 19.3. The van der Waals surface area contributed by atoms with Crippen LogP contribution in [0.15, 0.2) is 18.2 Å². The summed E-state index contributed by atoms with van der Waals surface area (Å²) in [7, 11) is 0. The molecule has 1 heterocycles. The number of benzene rings is 1. The van der Waals surface area contributed by atoms with Gasteiger partial charge in [0.15, 0.2) is 0 Å². The molecule has 1 N–H and O–H groups in total. The Hall–Kier alpha value is -1.65. The first-order valence-corrected chi connectivity index (χ1v) is 7.51. The number of hydrogen-bond donors (Lipinski definition) is 1. The highest BCUT2D eigenvalue weighted by Gasteiger charge is 2.30. The van der Waals surface area contributed by atoms with Crippen molar-refractivity contribution in [2.45, 2.75) is 58.0 Å². The first-order chi connectivity index (χ1) is 10.1. The van der Waals surface area contributed by atoms with E-state index in [0.717, 1.165) is 24.8 Å². The van der Waals surface area contributed by atoms with Gasteiger partial charge in [-0.05, 0) is 30.2 Å². The van der Waals surface area contributed by atoms with Crippen molar-refractivity contribution in [3.63, 3.8) is 0 Å². The van der Waals surface area contributed by atoms with Gasteiger partial charge in [0, 0.05) is 5.69 Å². The normalized spacial score (nSPS) is 17.0. The second-order valence-electron chi connectivity index (χ2n) is 5.37. The van der Waals surface area contributed by atoms with E-state index in [4.69, 9.17) is 0 Å². The van der Waals surface area contributed by atoms with Crippen LogP contribution in [0.4, 0.5) is 14.5 Å². The van der Waals surface area contributed by atoms with Gasteiger partial charge in [0.1, 0.15) is 5.75 Å². The largest absolute Gasteiger partial charge is 0.435 e. The maximum Gasteiger partial charge on any atom is 0.387 e. The Kier molecular flexibility index (Phi) is 5.53. The van der Waals surface area contributed by atoms with Gasteiger partial charge in [-0.3, -0.25) is 4.79 Å². The third kappa shape index (κ3) is 4.16. The first kappa shape index (κ1) is 15.7. The van der Waals surface area contributed by atoms with Gasteiger partial charge >= 0.3 is 6.61 Å². The zero-order valence-electron chi connectivity index (χ0n) is 12.2. The van der Waals surface area contributed by atoms with Crippen molar-refractivity contribution in [2.75, 3.05) is 5.32 Å². The maximum absolute atomic E-state index is 12.3. The fraction of sp³-hybridized carbons (Fsp3) is 0.562. The number of nitrogens with one attached hydrogen (secondary N) is 1. The van der Waals surface area contributed by atoms with Crippen LogP contribution in [0.1, 0.15) is 56.9 Å². The molecule has 0 aromatic heterocycles. The average Bonchev–Trinajstić information content (AvgIpc) is 2.74. The average molecular weight is 297 g/mol. The van der Waals surface area contributed by atoms with E-state index in [0.29, 0.717) is 5.69 Å². The standard InChI is InChI=1S/C16H21F2NO2/c1-2-3-4-5-6-7-12-13-10-11(21-16(17)18)8-9-14(13)19-15(12)20/h8-10,12,16H,2-7H2,1H3,(H,19,20). The third-order valence-corrected chi connectivity index (χ3v) is 3.79. The summed E-state index contributed by atoms with van der Waals surface area (Å²) in [5.74, 6) is -0.186. The van der Waals surface area contributed by atoms with Crippen molar-refractivity contribution in [1.82, 2.24) is 0 Å². The van der Waals surface area contributed by atoms with Gasteiger partial charge in [0.2, 0.25) is 5.91 Å². The summed E-state index contributed by atoms with van der Waals surface area (Å²) in [6.45, 7) is -0.689. The molecule has 1 aromatic rings. The highest BCUT2D eigenvalue weighted by molar-refractivity contribution is 6.03. The molecule has 21 heavy (non-hydrogen) atoms. The van der Waals surface area contributed by atoms with Crippen LogP contribution < -0.4 is 10.1 Å². The number of halogens is 2. The number of ether oxygens (including phenoxy) is 1. The highest BCUT2D eigenvalue weighted by Crippen LogP contribution is 2.38. The molecule has 1 atom stereocenters. The minimum absolute atomic E-state index is 0.0466. The van der Waals surface area contributed by atoms with E-state index < -0.39 is 6.61 Å². The van der Waals surface area contributed by atoms with Crippen LogP contribution in [-0.2, 0) is 4.79 Å². The van der Waals surface area contributed by atoms with Crippen LogP contribution in [0.2, 0.25) is 0 Å². The molecule has 0 spiro atoms. The lowest BCUT2D eigenvalue weighted by Crippen LogP contribution is -2.11. The van der Waals surface area contributed by atoms with Crippen LogP contribution in [0.5, 0.6) is 5.75 Å². The van der Waals surface area contributed by atoms with Crippen LogP contribution in [0.3, 0.4) is 0 Å². The summed E-state index contributed by atoms with van der Waals surface area (Å²) in [6.07, 6.45) is 6.38. The fourth-order valence-corrected chi connectivity index (χ4v) is 2.72. The van der Waals surface area contributed by atoms with Gasteiger partial charge < -0.3 is 10.1 Å². The van der Waals surface area contributed by atoms with Crippen LogP contribution in [0.25, 0.3) is 0 Å². The zero-order chi connectivity index (χ0) is 15.2. The topological polar surface area (TPSA) is 38.3 Å². The first-order valence-electron chi connectivity index (χ1n) is 7.51. The number of fused-ring (bicyclic) bond motifs is 1. The number of alkyl halides is 2. The van der Waals surface area contributed by atoms with Crippen LogP contribution in [0, 0.1) is 0 Å². The van der Waals surface area contributed by atoms with Crippen molar-refractivity contribution >= 4 is 11.6 Å². The van der Waals surface area contributed by atoms with E-state index in [9.17, 15) is 13.6 Å². The molecule has 1 aliphatic rings. The molecule has 1 unspecified atom stereocenters. The molecule has 0 saturated carbocycles. The molecular formula is C16H21F2NO2. The van der Waals surface area contributed by atoms with Crippen molar-refractivity contribution in [2.24, 2.45) is 0 Å². The van der Waals surface area contributed by atoms with E-state index in [1.165, 1.54) is 25.3 Å². The molecular weight excluding hydrogens is 276 g/mol. The van der Waals surface area contributed by atoms with E-state index in [1.54, 1.807) is 12.1 Å². The van der Waals surface area contributed by atoms with E-state index in [1.807, 2.05) is 0 Å². The van der Waals surface area contributed by atoms with Gasteiger partial charge in [0.05, 0.1) is 5.92 Å². The predicted octanol–water partition coefficient (Wildman–Crippen LogP) is 4.68. The molecule has 0 aliphatic carbocycles. The number of unbranched alkanes of at least 4 members (excludes halogenated alkanes) is 4. The van der Waals surface area contributed by atoms with Gasteiger partial charge in [-0.2, -0.15) is 8.78 Å². The number of carbonyl (C=O) groups is 1. The Labute approximate surface area is 123 Å². The monoisotopic (exact) mass is 297 g/mol. The number of anilines is 1. The molecule has 1 aromatic carbocycles. The number of hydrogen-bond acceptors (Lipinski definition) is 2. The molecule has 2 rings (SSSR count). The summed E-state index contributed by atoms with van der Waals surface area (Å²) < 4.78 is 28.9. The lowest BCUT2D eigenvalue weighted by Gasteiger charge is -2.10. The SMILES string of the molecule is CCCCCCCC1C(=O)Nc2ccc(OC(F)F)cc21. The maximum atomic E-state index is 12.3. The van der Waals surface area contributed by atoms with Gasteiger partial charge in [-0.15, -0.1) is 0 Å². The third-order valence-electron chi connectivity index (χ3n) is 3.79. The molecule has 0 radical (unpaired) electrons. The van der Waals surface area contributed by atoms with Gasteiger partial charge in [-0.1, -0.05) is 39.0 Å². The summed E-state index contributed by atoms with van der Waals surface area (Å²) in [6, 6.07) is 4.63. The lowest BCUT2D eigenvalue weighted by atomic mass is 9.94. The number of rotatable bonds is 8. The quantitative estimate of drug-likeness (QED) is 0.707. The van der Waals surface area contributed by atoms with Crippen LogP contribution >= 0.6 is 0 Å². The molecule has 1 aliphatic heterocycles. The van der Waals surface area contributed by atoms with Crippen molar-refractivity contribution < 1.29 is 18.3 Å². The molecule has 116 valence electrons. The summed E-state index contributed by atoms with van der Waals surface area (Å²) >= 11 is 0. The fourth-order valence-electron chi connectivity index (χ4n) is 2.72. The summed E-state index contributed by atoms with van der Waals surface area (Å²) in [4.78, 5) is 12.0. The molecule has 0 fully saturated rings. The Morgan fingerprint density at radius 2 is 2.00 bits per heavy atom. The zero-order valence-corrected chi connectivity index (χ0v) is 12.2. The van der Waals surface area contributed by atoms with E-state index >= 15 is 0 Å². The Bertz CT molecular complexity index is 491. The van der Waals surface area contributed by atoms with E-state index in [2.05, 4.69) is 17.0 Å². The Morgan fingerprint density at radius 1 is 1.24 bits per heavy atom. The van der Waals surface area contributed by atoms with Crippen molar-refractivity contribution in [3.8, 4) is 5.75 Å². The molecule has 5 heteroatoms. The molecule has 0 saturated heterocycles. The minimum atomic E-state index is -2.85. The van der Waals surface area contributed by atoms with Gasteiger partial charge in [-0.25, -0.2) is 0 Å². The number of carbonyl (C=O) groups excluding carboxylic acids is 1. The Morgan fingerprint density at radius 3 is 2.71 bits per heavy atom. The van der Waals surface area contributed by atoms with Crippen molar-refractivity contribution in [1.29, 1.82) is 0 Å². The lowest BCUT2D eigenvalue weighted by molar-refractivity contribution is -0.117. The number of amides is 1. The molecule has 1 amide bonds. The second kappa shape index (κ2) is 7.38. The van der Waals surface area contributed by atoms with Gasteiger partial charge in [0.25, 0.3) is 0 Å². The summed E-state index contributed by atoms with van der Waals surface area (Å²) in [5.41, 5.74) is 1.48. The predicted molar refractivity (Wildman–Crippen MR) is 77.8 cm³/mol. The van der Waals surface area contributed by atoms with Crippen LogP contribution in [-0.4, -0.2) is 12.5 Å². The van der Waals surface area contributed by atoms with Crippen molar-refractivity contribution in [3.05, 3.63) is 23.8 Å². The summed E-state index contributed by atoms with van der Waals surface area (Å²) in [5, 5.41) is 2.80. The second-order valence-corrected chi connectivity index (χ2v) is 5.37. The Balaban J connectivity index is 1.99.